The largest absolute Gasteiger partial charge is 0.477 e. The van der Waals surface area contributed by atoms with E-state index in [-0.39, 0.29) is 23.0 Å². The van der Waals surface area contributed by atoms with E-state index < -0.39 is 5.97 Å². The van der Waals surface area contributed by atoms with Crippen LogP contribution in [0.2, 0.25) is 0 Å². The van der Waals surface area contributed by atoms with Crippen molar-refractivity contribution in [2.24, 2.45) is 0 Å². The lowest BCUT2D eigenvalue weighted by molar-refractivity contribution is 0.0693. The summed E-state index contributed by atoms with van der Waals surface area (Å²) in [5, 5.41) is 9.24. The van der Waals surface area contributed by atoms with Gasteiger partial charge in [0, 0.05) is 6.20 Å². The lowest BCUT2D eigenvalue weighted by Crippen LogP contribution is -2.02. The monoisotopic (exact) mass is 193 g/mol. The summed E-state index contributed by atoms with van der Waals surface area (Å²) >= 11 is 0. The van der Waals surface area contributed by atoms with Crippen LogP contribution in [-0.4, -0.2) is 26.0 Å². The zero-order valence-electron chi connectivity index (χ0n) is 6.98. The van der Waals surface area contributed by atoms with Gasteiger partial charge >= 0.3 is 5.97 Å². The zero-order valence-corrected chi connectivity index (χ0v) is 6.98. The van der Waals surface area contributed by atoms with Gasteiger partial charge in [0.25, 0.3) is 0 Å². The average Bonchev–Trinajstić information content (AvgIpc) is 2.47. The molecule has 0 amide bonds. The Labute approximate surface area is 77.8 Å². The molecule has 0 saturated carbocycles. The summed E-state index contributed by atoms with van der Waals surface area (Å²) in [6.07, 6.45) is 1.44. The minimum absolute atomic E-state index is 0.0409. The fraction of sp³-hybridized carbons (Fsp3) is 0. The van der Waals surface area contributed by atoms with Gasteiger partial charge in [-0.2, -0.15) is 4.98 Å². The molecule has 0 bridgehead atoms. The number of anilines is 2. The highest BCUT2D eigenvalue weighted by atomic mass is 16.4. The highest BCUT2D eigenvalue weighted by molar-refractivity contribution is 6.03. The third kappa shape index (κ3) is 1.03. The first-order valence-electron chi connectivity index (χ1n) is 3.73. The van der Waals surface area contributed by atoms with Crippen LogP contribution in [0.1, 0.15) is 10.5 Å². The fourth-order valence-electron chi connectivity index (χ4n) is 1.21. The second kappa shape index (κ2) is 2.59. The van der Waals surface area contributed by atoms with Crippen LogP contribution >= 0.6 is 0 Å². The maximum absolute atomic E-state index is 10.7. The van der Waals surface area contributed by atoms with Crippen molar-refractivity contribution in [3.05, 3.63) is 11.9 Å². The molecule has 72 valence electrons. The van der Waals surface area contributed by atoms with Gasteiger partial charge in [-0.25, -0.2) is 9.78 Å². The number of carboxylic acids is 1. The number of aromatic nitrogens is 3. The molecule has 2 heterocycles. The van der Waals surface area contributed by atoms with Crippen molar-refractivity contribution in [1.82, 2.24) is 15.0 Å². The number of fused-ring (bicyclic) bond motifs is 1. The molecular formula is C7H7N5O2. The average molecular weight is 193 g/mol. The summed E-state index contributed by atoms with van der Waals surface area (Å²) in [5.41, 5.74) is 11.1. The minimum Gasteiger partial charge on any atom is -0.477 e. The SMILES string of the molecule is Nc1nc(N)c2c[nH]c(C(=O)O)c2n1. The summed E-state index contributed by atoms with van der Waals surface area (Å²) < 4.78 is 0. The molecule has 0 radical (unpaired) electrons. The summed E-state index contributed by atoms with van der Waals surface area (Å²) in [6.45, 7) is 0. The molecule has 0 fully saturated rings. The molecule has 0 aromatic carbocycles. The van der Waals surface area contributed by atoms with Gasteiger partial charge < -0.3 is 21.6 Å². The standard InChI is InChI=1S/C7H7N5O2/c8-5-2-1-10-4(6(13)14)3(2)11-7(9)12-5/h1,10H,(H,13,14)(H4,8,9,11,12). The lowest BCUT2D eigenvalue weighted by atomic mass is 10.3. The Morgan fingerprint density at radius 2 is 2.14 bits per heavy atom. The third-order valence-corrected chi connectivity index (χ3v) is 1.80. The number of aromatic amines is 1. The maximum Gasteiger partial charge on any atom is 0.354 e. The molecule has 0 aliphatic carbocycles. The Morgan fingerprint density at radius 3 is 2.79 bits per heavy atom. The van der Waals surface area contributed by atoms with E-state index in [0.29, 0.717) is 5.39 Å². The number of hydrogen-bond donors (Lipinski definition) is 4. The van der Waals surface area contributed by atoms with Gasteiger partial charge in [-0.1, -0.05) is 0 Å². The quantitative estimate of drug-likeness (QED) is 0.496. The number of carbonyl (C=O) groups is 1. The van der Waals surface area contributed by atoms with Crippen molar-refractivity contribution in [3.63, 3.8) is 0 Å². The fourth-order valence-corrected chi connectivity index (χ4v) is 1.21. The van der Waals surface area contributed by atoms with Crippen LogP contribution in [0.3, 0.4) is 0 Å². The normalized spacial score (nSPS) is 10.6. The van der Waals surface area contributed by atoms with Gasteiger partial charge in [0.05, 0.1) is 5.39 Å². The van der Waals surface area contributed by atoms with Gasteiger partial charge in [0.15, 0.2) is 5.69 Å². The van der Waals surface area contributed by atoms with Gasteiger partial charge in [0.1, 0.15) is 11.3 Å². The van der Waals surface area contributed by atoms with E-state index in [0.717, 1.165) is 0 Å². The van der Waals surface area contributed by atoms with Crippen LogP contribution in [-0.2, 0) is 0 Å². The Bertz CT molecular complexity index is 518. The van der Waals surface area contributed by atoms with E-state index in [4.69, 9.17) is 16.6 Å². The van der Waals surface area contributed by atoms with Crippen molar-refractivity contribution in [2.75, 3.05) is 11.5 Å². The molecule has 7 nitrogen and oxygen atoms in total. The molecule has 0 unspecified atom stereocenters. The van der Waals surface area contributed by atoms with Crippen molar-refractivity contribution in [2.45, 2.75) is 0 Å². The molecular weight excluding hydrogens is 186 g/mol. The van der Waals surface area contributed by atoms with Crippen molar-refractivity contribution < 1.29 is 9.90 Å². The topological polar surface area (TPSA) is 131 Å². The molecule has 0 aliphatic rings. The van der Waals surface area contributed by atoms with E-state index in [1.807, 2.05) is 0 Å². The van der Waals surface area contributed by atoms with Crippen LogP contribution in [0, 0.1) is 0 Å². The van der Waals surface area contributed by atoms with Crippen LogP contribution in [0.25, 0.3) is 10.9 Å². The van der Waals surface area contributed by atoms with Gasteiger partial charge in [-0.05, 0) is 0 Å². The van der Waals surface area contributed by atoms with Gasteiger partial charge in [-0.3, -0.25) is 0 Å². The van der Waals surface area contributed by atoms with Crippen LogP contribution in [0.15, 0.2) is 6.20 Å². The lowest BCUT2D eigenvalue weighted by Gasteiger charge is -1.97. The van der Waals surface area contributed by atoms with E-state index in [1.165, 1.54) is 6.20 Å². The number of nitrogens with one attached hydrogen (secondary N) is 1. The molecule has 2 aromatic rings. The third-order valence-electron chi connectivity index (χ3n) is 1.80. The summed E-state index contributed by atoms with van der Waals surface area (Å²) in [7, 11) is 0. The molecule has 7 heteroatoms. The zero-order chi connectivity index (χ0) is 10.3. The van der Waals surface area contributed by atoms with Gasteiger partial charge in [0.2, 0.25) is 5.95 Å². The van der Waals surface area contributed by atoms with Crippen LogP contribution in [0.5, 0.6) is 0 Å². The Morgan fingerprint density at radius 1 is 1.43 bits per heavy atom. The summed E-state index contributed by atoms with van der Waals surface area (Å²) in [6, 6.07) is 0. The molecule has 0 aliphatic heterocycles. The number of rotatable bonds is 1. The molecule has 0 spiro atoms. The maximum atomic E-state index is 10.7. The van der Waals surface area contributed by atoms with Crippen LogP contribution in [0.4, 0.5) is 11.8 Å². The van der Waals surface area contributed by atoms with Crippen LogP contribution < -0.4 is 11.5 Å². The smallest absolute Gasteiger partial charge is 0.354 e. The van der Waals surface area contributed by atoms with E-state index >= 15 is 0 Å². The van der Waals surface area contributed by atoms with E-state index in [1.54, 1.807) is 0 Å². The van der Waals surface area contributed by atoms with E-state index in [9.17, 15) is 4.79 Å². The number of hydrogen-bond acceptors (Lipinski definition) is 5. The molecule has 0 saturated heterocycles. The Hall–Kier alpha value is -2.31. The molecule has 2 aromatic heterocycles. The Balaban J connectivity index is 2.85. The Kier molecular flexibility index (Phi) is 1.53. The number of H-pyrrole nitrogens is 1. The first-order chi connectivity index (χ1) is 6.59. The highest BCUT2D eigenvalue weighted by Crippen LogP contribution is 2.21. The summed E-state index contributed by atoms with van der Waals surface area (Å²) in [5.74, 6) is -0.995. The second-order valence-corrected chi connectivity index (χ2v) is 2.70. The number of nitrogen functional groups attached to an aromatic ring is 2. The number of carboxylic acid groups (broad SMARTS) is 1. The highest BCUT2D eigenvalue weighted by Gasteiger charge is 2.14. The number of nitrogens with two attached hydrogens (primary N) is 2. The van der Waals surface area contributed by atoms with E-state index in [2.05, 4.69) is 15.0 Å². The van der Waals surface area contributed by atoms with Gasteiger partial charge in [-0.15, -0.1) is 0 Å². The second-order valence-electron chi connectivity index (χ2n) is 2.70. The molecule has 6 N–H and O–H groups in total. The van der Waals surface area contributed by atoms with Crippen molar-refractivity contribution in [3.8, 4) is 0 Å². The predicted octanol–water partition coefficient (Wildman–Crippen LogP) is -0.180. The van der Waals surface area contributed by atoms with Crippen molar-refractivity contribution >= 4 is 28.6 Å². The predicted molar refractivity (Wildman–Crippen MR) is 49.7 cm³/mol. The first kappa shape index (κ1) is 8.30. The number of nitrogens with zero attached hydrogens (tertiary/aromatic N) is 2. The molecule has 14 heavy (non-hydrogen) atoms. The molecule has 0 atom stereocenters. The van der Waals surface area contributed by atoms with Crippen molar-refractivity contribution in [1.29, 1.82) is 0 Å². The first-order valence-corrected chi connectivity index (χ1v) is 3.73. The number of aromatic carboxylic acids is 1. The minimum atomic E-state index is -1.11. The summed E-state index contributed by atoms with van der Waals surface area (Å²) in [4.78, 5) is 20.8. The molecule has 2 rings (SSSR count).